The molecule has 0 unspecified atom stereocenters. The van der Waals surface area contributed by atoms with E-state index < -0.39 is 0 Å². The molecule has 0 aliphatic rings. The summed E-state index contributed by atoms with van der Waals surface area (Å²) in [5.74, 6) is 0. The Bertz CT molecular complexity index is 893. The lowest BCUT2D eigenvalue weighted by molar-refractivity contribution is 0.687. The van der Waals surface area contributed by atoms with Crippen LogP contribution >= 0.6 is 51.3 Å². The van der Waals surface area contributed by atoms with Crippen molar-refractivity contribution in [1.82, 2.24) is 9.78 Å². The van der Waals surface area contributed by atoms with Crippen LogP contribution in [0.1, 0.15) is 5.56 Å². The molecule has 0 saturated heterocycles. The minimum Gasteiger partial charge on any atom is -0.332 e. The van der Waals surface area contributed by atoms with Crippen molar-refractivity contribution in [3.63, 3.8) is 0 Å². The van der Waals surface area contributed by atoms with Crippen molar-refractivity contribution >= 4 is 67.8 Å². The van der Waals surface area contributed by atoms with Crippen LogP contribution in [0.4, 0.5) is 11.4 Å². The summed E-state index contributed by atoms with van der Waals surface area (Å²) in [6.45, 7) is 0.672. The third-order valence-corrected chi connectivity index (χ3v) is 4.30. The molecule has 2 N–H and O–H groups in total. The quantitative estimate of drug-likeness (QED) is 0.487. The normalized spacial score (nSPS) is 10.5. The third-order valence-electron chi connectivity index (χ3n) is 3.25. The van der Waals surface area contributed by atoms with E-state index in [2.05, 4.69) is 31.7 Å². The topological polar surface area (TPSA) is 41.9 Å². The molecule has 0 aliphatic heterocycles. The minimum atomic E-state index is 0.456. The second kappa shape index (κ2) is 8.19. The van der Waals surface area contributed by atoms with E-state index >= 15 is 0 Å². The van der Waals surface area contributed by atoms with Crippen LogP contribution in [0.3, 0.4) is 0 Å². The van der Waals surface area contributed by atoms with Gasteiger partial charge in [-0.25, -0.2) is 0 Å². The van der Waals surface area contributed by atoms with E-state index in [0.717, 1.165) is 21.4 Å². The maximum absolute atomic E-state index is 5.99. The van der Waals surface area contributed by atoms with Crippen molar-refractivity contribution in [2.24, 2.45) is 0 Å². The van der Waals surface area contributed by atoms with Crippen LogP contribution in [0.5, 0.6) is 0 Å². The number of benzene rings is 2. The Morgan fingerprint density at radius 1 is 1.08 bits per heavy atom. The van der Waals surface area contributed by atoms with Gasteiger partial charge in [-0.3, -0.25) is 4.68 Å². The van der Waals surface area contributed by atoms with Gasteiger partial charge in [-0.05, 0) is 64.0 Å². The number of thiocarbonyl (C=S) groups is 1. The summed E-state index contributed by atoms with van der Waals surface area (Å²) in [4.78, 5) is 0. The molecule has 0 bridgehead atoms. The molecule has 3 rings (SSSR count). The molecule has 128 valence electrons. The summed E-state index contributed by atoms with van der Waals surface area (Å²) in [6, 6.07) is 13.2. The smallest absolute Gasteiger partial charge is 0.175 e. The molecule has 0 aliphatic carbocycles. The van der Waals surface area contributed by atoms with Crippen LogP contribution in [-0.4, -0.2) is 14.9 Å². The molecule has 0 atom stereocenters. The first-order valence-corrected chi connectivity index (χ1v) is 9.25. The molecule has 0 radical (unpaired) electrons. The van der Waals surface area contributed by atoms with E-state index in [9.17, 15) is 0 Å². The fourth-order valence-electron chi connectivity index (χ4n) is 2.28. The average molecular weight is 456 g/mol. The lowest BCUT2D eigenvalue weighted by Crippen LogP contribution is -2.19. The number of nitrogens with zero attached hydrogens (tertiary/aromatic N) is 2. The first kappa shape index (κ1) is 18.2. The van der Waals surface area contributed by atoms with E-state index in [1.165, 1.54) is 0 Å². The Kier molecular flexibility index (Phi) is 5.96. The largest absolute Gasteiger partial charge is 0.332 e. The summed E-state index contributed by atoms with van der Waals surface area (Å²) in [6.07, 6.45) is 3.69. The van der Waals surface area contributed by atoms with Gasteiger partial charge in [0.1, 0.15) is 0 Å². The highest BCUT2D eigenvalue weighted by molar-refractivity contribution is 9.10. The molecule has 4 nitrogen and oxygen atoms in total. The minimum absolute atomic E-state index is 0.456. The summed E-state index contributed by atoms with van der Waals surface area (Å²) in [5.41, 5.74) is 2.72. The van der Waals surface area contributed by atoms with Crippen molar-refractivity contribution in [2.45, 2.75) is 6.54 Å². The monoisotopic (exact) mass is 454 g/mol. The molecule has 0 spiro atoms. The fraction of sp³-hybridized carbons (Fsp3) is 0.0588. The van der Waals surface area contributed by atoms with Crippen molar-refractivity contribution in [3.8, 4) is 0 Å². The van der Waals surface area contributed by atoms with Gasteiger partial charge >= 0.3 is 0 Å². The number of aromatic nitrogens is 2. The molecule has 2 aromatic carbocycles. The van der Waals surface area contributed by atoms with Gasteiger partial charge in [0.2, 0.25) is 0 Å². The predicted molar refractivity (Wildman–Crippen MR) is 112 cm³/mol. The molecule has 0 amide bonds. The SMILES string of the molecule is S=C(Nc1cc(Cl)cc(Cl)c1)Nc1cccc(Cn2cc(Br)cn2)c1. The first-order valence-electron chi connectivity index (χ1n) is 7.29. The van der Waals surface area contributed by atoms with Gasteiger partial charge in [0, 0.05) is 27.6 Å². The number of hydrogen-bond donors (Lipinski definition) is 2. The maximum Gasteiger partial charge on any atom is 0.175 e. The molecular weight excluding hydrogens is 443 g/mol. The molecule has 0 saturated carbocycles. The molecule has 1 aromatic heterocycles. The van der Waals surface area contributed by atoms with E-state index in [0.29, 0.717) is 21.7 Å². The highest BCUT2D eigenvalue weighted by Crippen LogP contribution is 2.22. The van der Waals surface area contributed by atoms with E-state index in [-0.39, 0.29) is 0 Å². The number of hydrogen-bond acceptors (Lipinski definition) is 2. The zero-order chi connectivity index (χ0) is 17.8. The molecule has 25 heavy (non-hydrogen) atoms. The predicted octanol–water partition coefficient (Wildman–Crippen LogP) is 5.81. The average Bonchev–Trinajstić information content (AvgIpc) is 2.91. The van der Waals surface area contributed by atoms with Crippen molar-refractivity contribution in [3.05, 3.63) is 74.9 Å². The van der Waals surface area contributed by atoms with Gasteiger partial charge in [0.25, 0.3) is 0 Å². The second-order valence-corrected chi connectivity index (χ2v) is 7.49. The zero-order valence-corrected chi connectivity index (χ0v) is 16.8. The van der Waals surface area contributed by atoms with Crippen LogP contribution < -0.4 is 10.6 Å². The summed E-state index contributed by atoms with van der Waals surface area (Å²) in [7, 11) is 0. The molecule has 0 fully saturated rings. The van der Waals surface area contributed by atoms with Gasteiger partial charge in [-0.1, -0.05) is 35.3 Å². The van der Waals surface area contributed by atoms with Crippen LogP contribution in [-0.2, 0) is 6.54 Å². The lowest BCUT2D eigenvalue weighted by Gasteiger charge is -2.12. The summed E-state index contributed by atoms with van der Waals surface area (Å²) in [5, 5.41) is 12.0. The maximum atomic E-state index is 5.99. The van der Waals surface area contributed by atoms with Gasteiger partial charge in [0.15, 0.2) is 5.11 Å². The van der Waals surface area contributed by atoms with Crippen molar-refractivity contribution in [1.29, 1.82) is 0 Å². The van der Waals surface area contributed by atoms with Gasteiger partial charge in [-0.2, -0.15) is 5.10 Å². The lowest BCUT2D eigenvalue weighted by atomic mass is 10.2. The van der Waals surface area contributed by atoms with Gasteiger partial charge in [-0.15, -0.1) is 0 Å². The number of nitrogens with one attached hydrogen (secondary N) is 2. The Morgan fingerprint density at radius 3 is 2.48 bits per heavy atom. The van der Waals surface area contributed by atoms with E-state index in [1.54, 1.807) is 24.4 Å². The van der Waals surface area contributed by atoms with Crippen molar-refractivity contribution in [2.75, 3.05) is 10.6 Å². The van der Waals surface area contributed by atoms with Crippen LogP contribution in [0.25, 0.3) is 0 Å². The Labute approximate surface area is 169 Å². The molecule has 8 heteroatoms. The second-order valence-electron chi connectivity index (χ2n) is 5.29. The third kappa shape index (κ3) is 5.44. The molecular formula is C17H13BrCl2N4S. The number of rotatable bonds is 4. The van der Waals surface area contributed by atoms with Crippen LogP contribution in [0.15, 0.2) is 59.3 Å². The fourth-order valence-corrected chi connectivity index (χ4v) is 3.37. The summed E-state index contributed by atoms with van der Waals surface area (Å²) >= 11 is 20.7. The summed E-state index contributed by atoms with van der Waals surface area (Å²) < 4.78 is 2.81. The number of anilines is 2. The van der Waals surface area contributed by atoms with E-state index in [4.69, 9.17) is 35.4 Å². The Balaban J connectivity index is 1.65. The standard InChI is InChI=1S/C17H13BrCl2N4S/c18-12-8-21-24(10-12)9-11-2-1-3-15(4-11)22-17(25)23-16-6-13(19)5-14(20)7-16/h1-8,10H,9H2,(H2,22,23,25). The first-order chi connectivity index (χ1) is 12.0. The number of halogens is 3. The Hall–Kier alpha value is -1.60. The van der Waals surface area contributed by atoms with Crippen LogP contribution in [0.2, 0.25) is 10.0 Å². The van der Waals surface area contributed by atoms with Gasteiger partial charge < -0.3 is 10.6 Å². The zero-order valence-electron chi connectivity index (χ0n) is 12.8. The molecule has 3 aromatic rings. The van der Waals surface area contributed by atoms with Crippen molar-refractivity contribution < 1.29 is 0 Å². The highest BCUT2D eigenvalue weighted by atomic mass is 79.9. The Morgan fingerprint density at radius 2 is 1.80 bits per heavy atom. The van der Waals surface area contributed by atoms with Gasteiger partial charge in [0.05, 0.1) is 17.2 Å². The highest BCUT2D eigenvalue weighted by Gasteiger charge is 2.04. The molecule has 1 heterocycles. The van der Waals surface area contributed by atoms with Crippen LogP contribution in [0, 0.1) is 0 Å². The van der Waals surface area contributed by atoms with E-state index in [1.807, 2.05) is 35.1 Å².